The summed E-state index contributed by atoms with van der Waals surface area (Å²) < 4.78 is 31.6. The van der Waals surface area contributed by atoms with Crippen LogP contribution in [0.1, 0.15) is 17.5 Å². The molecule has 1 heterocycles. The zero-order chi connectivity index (χ0) is 18.1. The average Bonchev–Trinajstić information content (AvgIpc) is 3.09. The van der Waals surface area contributed by atoms with Crippen LogP contribution in [0.3, 0.4) is 0 Å². The zero-order valence-electron chi connectivity index (χ0n) is 14.4. The number of halogens is 2. The van der Waals surface area contributed by atoms with Crippen LogP contribution in [-0.2, 0) is 13.1 Å². The van der Waals surface area contributed by atoms with E-state index in [1.165, 1.54) is 0 Å². The lowest BCUT2D eigenvalue weighted by Gasteiger charge is -2.15. The van der Waals surface area contributed by atoms with Crippen LogP contribution in [0, 0.1) is 6.92 Å². The van der Waals surface area contributed by atoms with Gasteiger partial charge in [-0.2, -0.15) is 8.78 Å². The smallest absolute Gasteiger partial charge is 0.387 e. The zero-order valence-corrected chi connectivity index (χ0v) is 14.4. The van der Waals surface area contributed by atoms with Gasteiger partial charge in [-0.25, -0.2) is 4.98 Å². The number of alkyl halides is 2. The molecule has 0 aliphatic rings. The lowest BCUT2D eigenvalue weighted by Crippen LogP contribution is -2.37. The Morgan fingerprint density at radius 3 is 2.88 bits per heavy atom. The first-order chi connectivity index (χ1) is 12.1. The summed E-state index contributed by atoms with van der Waals surface area (Å²) in [6, 6.07) is 5.11. The summed E-state index contributed by atoms with van der Waals surface area (Å²) in [5.74, 6) is 0.777. The molecule has 0 amide bonds. The molecule has 0 bridgehead atoms. The van der Waals surface area contributed by atoms with Gasteiger partial charge in [-0.3, -0.25) is 4.99 Å². The Labute approximate surface area is 145 Å². The Hall–Kier alpha value is -2.64. The van der Waals surface area contributed by atoms with Crippen molar-refractivity contribution >= 4 is 5.96 Å². The fourth-order valence-corrected chi connectivity index (χ4v) is 2.34. The monoisotopic (exact) mass is 351 g/mol. The van der Waals surface area contributed by atoms with Crippen LogP contribution in [0.2, 0.25) is 0 Å². The first-order valence-electron chi connectivity index (χ1n) is 8.03. The molecule has 0 saturated carbocycles. The van der Waals surface area contributed by atoms with E-state index in [0.29, 0.717) is 18.1 Å². The van der Waals surface area contributed by atoms with E-state index < -0.39 is 6.61 Å². The summed E-state index contributed by atoms with van der Waals surface area (Å²) in [5.41, 5.74) is 1.63. The van der Waals surface area contributed by atoms with Gasteiger partial charge in [0.25, 0.3) is 0 Å². The third-order valence-corrected chi connectivity index (χ3v) is 3.55. The van der Waals surface area contributed by atoms with Crippen molar-refractivity contribution in [2.75, 3.05) is 13.6 Å². The summed E-state index contributed by atoms with van der Waals surface area (Å²) >= 11 is 0. The van der Waals surface area contributed by atoms with E-state index in [2.05, 4.69) is 25.3 Å². The van der Waals surface area contributed by atoms with Crippen LogP contribution < -0.4 is 15.4 Å². The predicted molar refractivity (Wildman–Crippen MR) is 92.9 cm³/mol. The van der Waals surface area contributed by atoms with E-state index in [0.717, 1.165) is 25.1 Å². The summed E-state index contributed by atoms with van der Waals surface area (Å²) in [6.45, 7) is 0.978. The number of imidazole rings is 1. The molecular formula is C17H23F2N5O. The second-order valence-electron chi connectivity index (χ2n) is 5.50. The number of hydrogen-bond acceptors (Lipinski definition) is 3. The Kier molecular flexibility index (Phi) is 7.18. The van der Waals surface area contributed by atoms with E-state index >= 15 is 0 Å². The largest absolute Gasteiger partial charge is 0.434 e. The minimum atomic E-state index is -2.85. The topological polar surface area (TPSA) is 63.5 Å². The Bertz CT molecular complexity index is 674. The van der Waals surface area contributed by atoms with E-state index in [9.17, 15) is 8.78 Å². The lowest BCUT2D eigenvalue weighted by atomic mass is 10.1. The maximum Gasteiger partial charge on any atom is 0.387 e. The summed E-state index contributed by atoms with van der Waals surface area (Å²) in [7, 11) is 1.66. The minimum absolute atomic E-state index is 0.170. The molecule has 0 radical (unpaired) electrons. The van der Waals surface area contributed by atoms with Crippen LogP contribution in [-0.4, -0.2) is 35.7 Å². The molecule has 8 heteroatoms. The van der Waals surface area contributed by atoms with E-state index in [-0.39, 0.29) is 5.75 Å². The molecular weight excluding hydrogens is 328 g/mol. The molecule has 2 N–H and O–H groups in total. The van der Waals surface area contributed by atoms with E-state index in [1.54, 1.807) is 31.7 Å². The SMILES string of the molecule is CN=C(NCCCn1ccnc1)NCc1cc(C)ccc1OC(F)F. The van der Waals surface area contributed by atoms with Crippen LogP contribution in [0.15, 0.2) is 41.9 Å². The molecule has 0 aliphatic carbocycles. The third-order valence-electron chi connectivity index (χ3n) is 3.55. The highest BCUT2D eigenvalue weighted by Gasteiger charge is 2.10. The van der Waals surface area contributed by atoms with Crippen molar-refractivity contribution in [2.45, 2.75) is 33.0 Å². The van der Waals surface area contributed by atoms with Gasteiger partial charge in [0.05, 0.1) is 6.33 Å². The van der Waals surface area contributed by atoms with Gasteiger partial charge in [0.1, 0.15) is 5.75 Å². The maximum atomic E-state index is 12.5. The number of aryl methyl sites for hydroxylation is 2. The highest BCUT2D eigenvalue weighted by atomic mass is 19.3. The first-order valence-corrected chi connectivity index (χ1v) is 8.03. The molecule has 0 fully saturated rings. The van der Waals surface area contributed by atoms with Crippen LogP contribution in [0.5, 0.6) is 5.75 Å². The molecule has 0 saturated heterocycles. The molecule has 6 nitrogen and oxygen atoms in total. The third kappa shape index (κ3) is 6.40. The van der Waals surface area contributed by atoms with Gasteiger partial charge < -0.3 is 19.9 Å². The molecule has 0 unspecified atom stereocenters. The number of rotatable bonds is 8. The van der Waals surface area contributed by atoms with Crippen LogP contribution in [0.25, 0.3) is 0 Å². The maximum absolute atomic E-state index is 12.5. The van der Waals surface area contributed by atoms with Crippen molar-refractivity contribution in [3.05, 3.63) is 48.0 Å². The van der Waals surface area contributed by atoms with E-state index in [1.807, 2.05) is 23.8 Å². The molecule has 25 heavy (non-hydrogen) atoms. The van der Waals surface area contributed by atoms with Gasteiger partial charge in [0.2, 0.25) is 0 Å². The molecule has 1 aromatic heterocycles. The molecule has 0 spiro atoms. The normalized spacial score (nSPS) is 11.6. The van der Waals surface area contributed by atoms with Crippen molar-refractivity contribution in [3.8, 4) is 5.75 Å². The van der Waals surface area contributed by atoms with Gasteiger partial charge >= 0.3 is 6.61 Å². The Morgan fingerprint density at radius 2 is 2.20 bits per heavy atom. The van der Waals surface area contributed by atoms with Crippen molar-refractivity contribution in [3.63, 3.8) is 0 Å². The summed E-state index contributed by atoms with van der Waals surface area (Å²) in [4.78, 5) is 8.13. The number of aliphatic imine (C=N–C) groups is 1. The number of aromatic nitrogens is 2. The molecule has 1 aromatic carbocycles. The fraction of sp³-hybridized carbons (Fsp3) is 0.412. The predicted octanol–water partition coefficient (Wildman–Crippen LogP) is 2.55. The number of nitrogens with one attached hydrogen (secondary N) is 2. The van der Waals surface area contributed by atoms with Crippen molar-refractivity contribution in [1.29, 1.82) is 0 Å². The minimum Gasteiger partial charge on any atom is -0.434 e. The van der Waals surface area contributed by atoms with E-state index in [4.69, 9.17) is 0 Å². The standard InChI is InChI=1S/C17H23F2N5O/c1-13-4-5-15(25-16(18)19)14(10-13)11-23-17(20-2)22-6-3-8-24-9-7-21-12-24/h4-5,7,9-10,12,16H,3,6,8,11H2,1-2H3,(H2,20,22,23). The summed E-state index contributed by atoms with van der Waals surface area (Å²) in [5, 5.41) is 6.31. The van der Waals surface area contributed by atoms with Gasteiger partial charge in [-0.05, 0) is 19.4 Å². The summed E-state index contributed by atoms with van der Waals surface area (Å²) in [6.07, 6.45) is 6.33. The highest BCUT2D eigenvalue weighted by molar-refractivity contribution is 5.79. The fourth-order valence-electron chi connectivity index (χ4n) is 2.34. The van der Waals surface area contributed by atoms with Gasteiger partial charge in [0, 0.05) is 44.6 Å². The second kappa shape index (κ2) is 9.61. The van der Waals surface area contributed by atoms with Crippen LogP contribution in [0.4, 0.5) is 8.78 Å². The number of hydrogen-bond donors (Lipinski definition) is 2. The molecule has 0 atom stereocenters. The molecule has 0 aliphatic heterocycles. The van der Waals surface area contributed by atoms with Crippen LogP contribution >= 0.6 is 0 Å². The Morgan fingerprint density at radius 1 is 1.36 bits per heavy atom. The number of guanidine groups is 1. The molecule has 2 aromatic rings. The second-order valence-corrected chi connectivity index (χ2v) is 5.50. The molecule has 2 rings (SSSR count). The lowest BCUT2D eigenvalue weighted by molar-refractivity contribution is -0.0504. The van der Waals surface area contributed by atoms with Gasteiger partial charge in [0.15, 0.2) is 5.96 Å². The Balaban J connectivity index is 1.82. The van der Waals surface area contributed by atoms with Crippen molar-refractivity contribution in [1.82, 2.24) is 20.2 Å². The number of nitrogens with zero attached hydrogens (tertiary/aromatic N) is 3. The number of benzene rings is 1. The van der Waals surface area contributed by atoms with Crippen molar-refractivity contribution < 1.29 is 13.5 Å². The first kappa shape index (κ1) is 18.7. The van der Waals surface area contributed by atoms with Crippen molar-refractivity contribution in [2.24, 2.45) is 4.99 Å². The molecule has 136 valence electrons. The number of ether oxygens (including phenoxy) is 1. The quantitative estimate of drug-likeness (QED) is 0.436. The average molecular weight is 351 g/mol. The van der Waals surface area contributed by atoms with Gasteiger partial charge in [-0.15, -0.1) is 0 Å². The van der Waals surface area contributed by atoms with Gasteiger partial charge in [-0.1, -0.05) is 17.7 Å². The highest BCUT2D eigenvalue weighted by Crippen LogP contribution is 2.21.